The highest BCUT2D eigenvalue weighted by Gasteiger charge is 2.54. The molecule has 1 amide bonds. The molecule has 3 aromatic rings. The first kappa shape index (κ1) is 31.2. The van der Waals surface area contributed by atoms with Gasteiger partial charge in [-0.1, -0.05) is 58.6 Å². The van der Waals surface area contributed by atoms with E-state index in [1.54, 1.807) is 73.8 Å². The molecule has 0 saturated heterocycles. The summed E-state index contributed by atoms with van der Waals surface area (Å²) in [7, 11) is 1.60. The van der Waals surface area contributed by atoms with Crippen LogP contribution in [0.15, 0.2) is 76.8 Å². The molecule has 0 aliphatic carbocycles. The Labute approximate surface area is 253 Å². The van der Waals surface area contributed by atoms with Crippen LogP contribution in [0.1, 0.15) is 35.6 Å². The Hall–Kier alpha value is -3.79. The third-order valence-electron chi connectivity index (χ3n) is 6.69. The number of nitrogens with zero attached hydrogens (tertiary/aromatic N) is 4. The molecule has 3 aromatic carbocycles. The lowest BCUT2D eigenvalue weighted by molar-refractivity contribution is -0.129. The highest BCUT2D eigenvalue weighted by atomic mass is 35.5. The number of hydrogen-bond acceptors (Lipinski definition) is 7. The molecule has 10 nitrogen and oxygen atoms in total. The summed E-state index contributed by atoms with van der Waals surface area (Å²) in [6.45, 7) is 1.23. The van der Waals surface area contributed by atoms with Crippen molar-refractivity contribution >= 4 is 40.7 Å². The molecule has 0 fully saturated rings. The molecule has 0 spiro atoms. The topological polar surface area (TPSA) is 138 Å². The monoisotopic (exact) mass is 611 g/mol. The smallest absolute Gasteiger partial charge is 0.252 e. The molecular weight excluding hydrogens is 581 g/mol. The molecule has 0 unspecified atom stereocenters. The molecule has 0 saturated carbocycles. The minimum Gasteiger partial charge on any atom is -0.494 e. The molecule has 1 aliphatic rings. The van der Waals surface area contributed by atoms with Crippen LogP contribution in [0.5, 0.6) is 5.75 Å². The van der Waals surface area contributed by atoms with Gasteiger partial charge in [0.25, 0.3) is 5.91 Å². The molecule has 1 heterocycles. The van der Waals surface area contributed by atoms with Crippen LogP contribution in [0.3, 0.4) is 0 Å². The van der Waals surface area contributed by atoms with E-state index in [1.165, 1.54) is 0 Å². The summed E-state index contributed by atoms with van der Waals surface area (Å²) in [5, 5.41) is 16.6. The zero-order chi connectivity index (χ0) is 30.0. The molecule has 2 atom stereocenters. The second kappa shape index (κ2) is 14.9. The van der Waals surface area contributed by atoms with Crippen LogP contribution >= 0.6 is 23.2 Å². The van der Waals surface area contributed by atoms with Gasteiger partial charge in [-0.2, -0.15) is 0 Å². The maximum Gasteiger partial charge on any atom is 0.252 e. The van der Waals surface area contributed by atoms with Crippen molar-refractivity contribution in [1.29, 1.82) is 0 Å². The Morgan fingerprint density at radius 3 is 2.64 bits per heavy atom. The van der Waals surface area contributed by atoms with Gasteiger partial charge in [0, 0.05) is 71.5 Å². The van der Waals surface area contributed by atoms with Crippen LogP contribution < -0.4 is 10.1 Å². The number of hydrogen-bond donors (Lipinski definition) is 2. The average Bonchev–Trinajstić information content (AvgIpc) is 3.37. The first-order chi connectivity index (χ1) is 20.4. The second-order valence-corrected chi connectivity index (χ2v) is 10.4. The van der Waals surface area contributed by atoms with Crippen LogP contribution in [-0.2, 0) is 20.7 Å². The van der Waals surface area contributed by atoms with Crippen molar-refractivity contribution in [3.8, 4) is 5.75 Å². The van der Waals surface area contributed by atoms with E-state index in [-0.39, 0.29) is 24.8 Å². The largest absolute Gasteiger partial charge is 0.494 e. The highest BCUT2D eigenvalue weighted by molar-refractivity contribution is 6.35. The zero-order valence-electron chi connectivity index (χ0n) is 23.0. The lowest BCUT2D eigenvalue weighted by Crippen LogP contribution is -2.50. The van der Waals surface area contributed by atoms with Gasteiger partial charge >= 0.3 is 0 Å². The SMILES string of the molecule is COCCCNC(=O)[C@]1(Cc2ccccc2N=[N+]=[N-])N=C(c2ccc(OCCCO)cc2)O[C@@H]1c1ccc(Cl)cc1Cl. The summed E-state index contributed by atoms with van der Waals surface area (Å²) in [6.07, 6.45) is 0.211. The van der Waals surface area contributed by atoms with Gasteiger partial charge < -0.3 is 24.6 Å². The number of ether oxygens (including phenoxy) is 3. The summed E-state index contributed by atoms with van der Waals surface area (Å²) in [4.78, 5) is 22.1. The quantitative estimate of drug-likeness (QED) is 0.0946. The minimum absolute atomic E-state index is 0.0375. The molecule has 220 valence electrons. The Morgan fingerprint density at radius 1 is 1.14 bits per heavy atom. The summed E-state index contributed by atoms with van der Waals surface area (Å²) in [5.41, 5.74) is 9.78. The lowest BCUT2D eigenvalue weighted by atomic mass is 9.81. The van der Waals surface area contributed by atoms with Crippen molar-refractivity contribution in [1.82, 2.24) is 5.32 Å². The van der Waals surface area contributed by atoms with Crippen molar-refractivity contribution in [2.75, 3.05) is 33.5 Å². The van der Waals surface area contributed by atoms with Crippen molar-refractivity contribution in [3.05, 3.63) is 104 Å². The third kappa shape index (κ3) is 7.34. The van der Waals surface area contributed by atoms with Gasteiger partial charge in [-0.3, -0.25) is 4.79 Å². The van der Waals surface area contributed by atoms with Gasteiger partial charge in [-0.05, 0) is 53.9 Å². The summed E-state index contributed by atoms with van der Waals surface area (Å²) in [6, 6.07) is 19.1. The number of rotatable bonds is 14. The summed E-state index contributed by atoms with van der Waals surface area (Å²) < 4.78 is 17.3. The van der Waals surface area contributed by atoms with Gasteiger partial charge in [0.1, 0.15) is 5.75 Å². The molecule has 0 bridgehead atoms. The number of aliphatic imine (C=N–C) groups is 1. The number of carbonyl (C=O) groups is 1. The van der Waals surface area contributed by atoms with Gasteiger partial charge in [-0.25, -0.2) is 4.99 Å². The number of nitrogens with one attached hydrogen (secondary N) is 1. The van der Waals surface area contributed by atoms with E-state index in [4.69, 9.17) is 47.5 Å². The fraction of sp³-hybridized carbons (Fsp3) is 0.333. The van der Waals surface area contributed by atoms with Crippen LogP contribution in [0.2, 0.25) is 10.0 Å². The van der Waals surface area contributed by atoms with E-state index in [1.807, 2.05) is 0 Å². The van der Waals surface area contributed by atoms with Crippen molar-refractivity contribution in [2.45, 2.75) is 30.9 Å². The summed E-state index contributed by atoms with van der Waals surface area (Å²) >= 11 is 12.9. The van der Waals surface area contributed by atoms with Crippen molar-refractivity contribution in [3.63, 3.8) is 0 Å². The van der Waals surface area contributed by atoms with E-state index in [9.17, 15) is 10.3 Å². The van der Waals surface area contributed by atoms with Crippen LogP contribution in [0, 0.1) is 0 Å². The number of benzene rings is 3. The predicted octanol–water partition coefficient (Wildman–Crippen LogP) is 6.35. The Morgan fingerprint density at radius 2 is 1.93 bits per heavy atom. The second-order valence-electron chi connectivity index (χ2n) is 9.55. The number of methoxy groups -OCH3 is 1. The van der Waals surface area contributed by atoms with E-state index in [0.29, 0.717) is 70.8 Å². The number of azide groups is 1. The highest BCUT2D eigenvalue weighted by Crippen LogP contribution is 2.46. The number of halogens is 2. The van der Waals surface area contributed by atoms with Crippen LogP contribution in [0.25, 0.3) is 10.4 Å². The molecule has 42 heavy (non-hydrogen) atoms. The average molecular weight is 613 g/mol. The van der Waals surface area contributed by atoms with Crippen LogP contribution in [-0.4, -0.2) is 55.9 Å². The van der Waals surface area contributed by atoms with Gasteiger partial charge in [0.2, 0.25) is 5.90 Å². The Kier molecular flexibility index (Phi) is 11.1. The Balaban J connectivity index is 1.82. The van der Waals surface area contributed by atoms with Gasteiger partial charge in [-0.15, -0.1) is 0 Å². The predicted molar refractivity (Wildman–Crippen MR) is 162 cm³/mol. The number of aliphatic hydroxyl groups excluding tert-OH is 1. The molecule has 0 radical (unpaired) electrons. The third-order valence-corrected chi connectivity index (χ3v) is 7.25. The van der Waals surface area contributed by atoms with Crippen molar-refractivity contribution in [2.24, 2.45) is 10.1 Å². The maximum atomic E-state index is 14.2. The Bertz CT molecular complexity index is 1460. The fourth-order valence-corrected chi connectivity index (χ4v) is 5.15. The molecule has 2 N–H and O–H groups in total. The first-order valence-corrected chi connectivity index (χ1v) is 14.1. The number of carbonyl (C=O) groups excluding carboxylic acids is 1. The maximum absolute atomic E-state index is 14.2. The number of aliphatic hydroxyl groups is 1. The van der Waals surface area contributed by atoms with E-state index < -0.39 is 11.6 Å². The molecule has 0 aromatic heterocycles. The van der Waals surface area contributed by atoms with E-state index in [0.717, 1.165) is 0 Å². The summed E-state index contributed by atoms with van der Waals surface area (Å²) in [5.74, 6) is 0.471. The molecule has 4 rings (SSSR count). The molecular formula is C30H31Cl2N5O5. The zero-order valence-corrected chi connectivity index (χ0v) is 24.5. The first-order valence-electron chi connectivity index (χ1n) is 13.4. The lowest BCUT2D eigenvalue weighted by Gasteiger charge is -2.31. The normalized spacial score (nSPS) is 17.6. The standard InChI is InChI=1S/C30H31Cl2N5O5/c1-40-16-4-14-34-29(39)30(19-21-6-2-3-7-26(21)36-37-33)27(24-13-10-22(31)18-25(24)32)42-28(35-30)20-8-11-23(12-9-20)41-17-5-15-38/h2-3,6-13,18,27,38H,4-5,14-17,19H2,1H3,(H,34,39)/t27-,30-/m1/s1. The van der Waals surface area contributed by atoms with Gasteiger partial charge in [0.05, 0.1) is 6.61 Å². The minimum atomic E-state index is -1.53. The van der Waals surface area contributed by atoms with Crippen LogP contribution in [0.4, 0.5) is 5.69 Å². The van der Waals surface area contributed by atoms with Crippen molar-refractivity contribution < 1.29 is 24.1 Å². The fourth-order valence-electron chi connectivity index (χ4n) is 4.64. The molecule has 12 heteroatoms. The van der Waals surface area contributed by atoms with E-state index in [2.05, 4.69) is 15.3 Å². The molecule has 1 aliphatic heterocycles. The number of amides is 1. The van der Waals surface area contributed by atoms with E-state index >= 15 is 0 Å². The van der Waals surface area contributed by atoms with Gasteiger partial charge in [0.15, 0.2) is 11.6 Å².